The fraction of sp³-hybridized carbons (Fsp3) is 0.600. The highest BCUT2D eigenvalue weighted by Crippen LogP contribution is 2.10. The standard InChI is InChI=1S/C15H27N/c1-6-9-11-13(4)12-15(8-3)16-14(5)10-7-2/h8-9,11,14,16H,4,6-7,10,12H2,1-3,5H3/b11-9-,15-8+. The van der Waals surface area contributed by atoms with Gasteiger partial charge < -0.3 is 5.32 Å². The van der Waals surface area contributed by atoms with Gasteiger partial charge in [0.05, 0.1) is 0 Å². The summed E-state index contributed by atoms with van der Waals surface area (Å²) in [5, 5.41) is 3.54. The van der Waals surface area contributed by atoms with E-state index in [-0.39, 0.29) is 0 Å². The van der Waals surface area contributed by atoms with Crippen molar-refractivity contribution >= 4 is 0 Å². The second-order valence-corrected chi connectivity index (χ2v) is 4.29. The first-order valence-electron chi connectivity index (χ1n) is 6.40. The van der Waals surface area contributed by atoms with Crippen LogP contribution in [0.1, 0.15) is 53.4 Å². The van der Waals surface area contributed by atoms with Crippen LogP contribution in [0.15, 0.2) is 36.1 Å². The third kappa shape index (κ3) is 7.33. The van der Waals surface area contributed by atoms with Crippen LogP contribution in [-0.4, -0.2) is 6.04 Å². The van der Waals surface area contributed by atoms with Gasteiger partial charge in [0.2, 0.25) is 0 Å². The summed E-state index contributed by atoms with van der Waals surface area (Å²) in [7, 11) is 0. The Morgan fingerprint density at radius 1 is 1.38 bits per heavy atom. The predicted octanol–water partition coefficient (Wildman–Crippen LogP) is 4.58. The van der Waals surface area contributed by atoms with Crippen LogP contribution >= 0.6 is 0 Å². The lowest BCUT2D eigenvalue weighted by atomic mass is 10.1. The molecule has 0 heterocycles. The lowest BCUT2D eigenvalue weighted by Gasteiger charge is -2.17. The van der Waals surface area contributed by atoms with Crippen LogP contribution in [0.3, 0.4) is 0 Å². The minimum absolute atomic E-state index is 0.555. The molecule has 0 saturated carbocycles. The van der Waals surface area contributed by atoms with E-state index in [9.17, 15) is 0 Å². The highest BCUT2D eigenvalue weighted by Gasteiger charge is 2.02. The maximum absolute atomic E-state index is 4.07. The normalized spacial score (nSPS) is 14.1. The molecule has 0 saturated heterocycles. The molecule has 1 heteroatoms. The van der Waals surface area contributed by atoms with E-state index >= 15 is 0 Å². The zero-order chi connectivity index (χ0) is 12.4. The lowest BCUT2D eigenvalue weighted by Crippen LogP contribution is -2.25. The van der Waals surface area contributed by atoms with Crippen molar-refractivity contribution in [2.24, 2.45) is 0 Å². The molecular weight excluding hydrogens is 194 g/mol. The average Bonchev–Trinajstić information content (AvgIpc) is 2.25. The molecule has 0 bridgehead atoms. The maximum Gasteiger partial charge on any atom is 0.0229 e. The molecule has 1 nitrogen and oxygen atoms in total. The van der Waals surface area contributed by atoms with Gasteiger partial charge in [-0.05, 0) is 32.3 Å². The zero-order valence-corrected chi connectivity index (χ0v) is 11.3. The molecule has 1 unspecified atom stereocenters. The van der Waals surface area contributed by atoms with Crippen molar-refractivity contribution in [2.45, 2.75) is 59.4 Å². The highest BCUT2D eigenvalue weighted by molar-refractivity contribution is 5.21. The zero-order valence-electron chi connectivity index (χ0n) is 11.3. The molecule has 0 aromatic heterocycles. The van der Waals surface area contributed by atoms with Gasteiger partial charge in [-0.25, -0.2) is 0 Å². The van der Waals surface area contributed by atoms with Crippen LogP contribution in [0.4, 0.5) is 0 Å². The monoisotopic (exact) mass is 221 g/mol. The summed E-state index contributed by atoms with van der Waals surface area (Å²) in [6, 6.07) is 0.555. The molecule has 0 aromatic carbocycles. The first kappa shape index (κ1) is 15.0. The van der Waals surface area contributed by atoms with Crippen molar-refractivity contribution in [3.05, 3.63) is 36.1 Å². The Hall–Kier alpha value is -0.980. The Balaban J connectivity index is 4.11. The van der Waals surface area contributed by atoms with Crippen LogP contribution in [0.5, 0.6) is 0 Å². The number of hydrogen-bond donors (Lipinski definition) is 1. The number of allylic oxidation sites excluding steroid dienone is 4. The summed E-state index contributed by atoms with van der Waals surface area (Å²) in [6.45, 7) is 12.7. The smallest absolute Gasteiger partial charge is 0.0229 e. The van der Waals surface area contributed by atoms with Gasteiger partial charge in [-0.1, -0.05) is 45.1 Å². The van der Waals surface area contributed by atoms with E-state index in [1.54, 1.807) is 0 Å². The first-order chi connectivity index (χ1) is 7.63. The Morgan fingerprint density at radius 2 is 2.06 bits per heavy atom. The Kier molecular flexibility index (Phi) is 8.69. The molecule has 0 spiro atoms. The molecule has 1 atom stereocenters. The SMILES string of the molecule is C=C(/C=C\CC)C/C(=C\C)NC(C)CCC. The summed E-state index contributed by atoms with van der Waals surface area (Å²) in [4.78, 5) is 0. The Bertz CT molecular complexity index is 248. The van der Waals surface area contributed by atoms with E-state index in [0.717, 1.165) is 12.8 Å². The van der Waals surface area contributed by atoms with Crippen LogP contribution in [0.2, 0.25) is 0 Å². The quantitative estimate of drug-likeness (QED) is 0.591. The van der Waals surface area contributed by atoms with Crippen LogP contribution in [0, 0.1) is 0 Å². The van der Waals surface area contributed by atoms with Gasteiger partial charge in [0, 0.05) is 18.2 Å². The Morgan fingerprint density at radius 3 is 2.56 bits per heavy atom. The molecule has 0 aromatic rings. The molecule has 0 aliphatic carbocycles. The van der Waals surface area contributed by atoms with E-state index in [4.69, 9.17) is 0 Å². The molecule has 1 N–H and O–H groups in total. The van der Waals surface area contributed by atoms with Gasteiger partial charge in [-0.15, -0.1) is 0 Å². The number of rotatable bonds is 8. The second kappa shape index (κ2) is 9.26. The molecule has 0 amide bonds. The molecule has 16 heavy (non-hydrogen) atoms. The molecule has 0 aliphatic rings. The van der Waals surface area contributed by atoms with Crippen molar-refractivity contribution in [3.8, 4) is 0 Å². The minimum Gasteiger partial charge on any atom is -0.386 e. The minimum atomic E-state index is 0.555. The Labute approximate surface area is 101 Å². The van der Waals surface area contributed by atoms with Crippen molar-refractivity contribution in [3.63, 3.8) is 0 Å². The fourth-order valence-electron chi connectivity index (χ4n) is 1.65. The number of hydrogen-bond acceptors (Lipinski definition) is 1. The highest BCUT2D eigenvalue weighted by atomic mass is 14.9. The fourth-order valence-corrected chi connectivity index (χ4v) is 1.65. The topological polar surface area (TPSA) is 12.0 Å². The van der Waals surface area contributed by atoms with Gasteiger partial charge in [-0.2, -0.15) is 0 Å². The van der Waals surface area contributed by atoms with Gasteiger partial charge >= 0.3 is 0 Å². The third-order valence-corrected chi connectivity index (χ3v) is 2.51. The van der Waals surface area contributed by atoms with E-state index in [2.05, 4.69) is 57.8 Å². The van der Waals surface area contributed by atoms with Crippen molar-refractivity contribution in [1.82, 2.24) is 5.32 Å². The van der Waals surface area contributed by atoms with Crippen molar-refractivity contribution in [1.29, 1.82) is 0 Å². The van der Waals surface area contributed by atoms with Crippen LogP contribution in [0.25, 0.3) is 0 Å². The molecular formula is C15H27N. The van der Waals surface area contributed by atoms with Gasteiger partial charge in [0.25, 0.3) is 0 Å². The predicted molar refractivity (Wildman–Crippen MR) is 74.5 cm³/mol. The third-order valence-electron chi connectivity index (χ3n) is 2.51. The summed E-state index contributed by atoms with van der Waals surface area (Å²) in [5.74, 6) is 0. The summed E-state index contributed by atoms with van der Waals surface area (Å²) < 4.78 is 0. The molecule has 0 fully saturated rings. The molecule has 0 rings (SSSR count). The summed E-state index contributed by atoms with van der Waals surface area (Å²) in [6.07, 6.45) is 10.9. The van der Waals surface area contributed by atoms with Crippen LogP contribution < -0.4 is 5.32 Å². The van der Waals surface area contributed by atoms with Crippen LogP contribution in [-0.2, 0) is 0 Å². The average molecular weight is 221 g/mol. The summed E-state index contributed by atoms with van der Waals surface area (Å²) >= 11 is 0. The molecule has 92 valence electrons. The van der Waals surface area contributed by atoms with E-state index < -0.39 is 0 Å². The number of nitrogens with one attached hydrogen (secondary N) is 1. The lowest BCUT2D eigenvalue weighted by molar-refractivity contribution is 0.553. The van der Waals surface area contributed by atoms with Gasteiger partial charge in [0.15, 0.2) is 0 Å². The van der Waals surface area contributed by atoms with Gasteiger partial charge in [-0.3, -0.25) is 0 Å². The maximum atomic E-state index is 4.07. The van der Waals surface area contributed by atoms with Gasteiger partial charge in [0.1, 0.15) is 0 Å². The van der Waals surface area contributed by atoms with E-state index in [1.807, 2.05) is 0 Å². The first-order valence-corrected chi connectivity index (χ1v) is 6.40. The second-order valence-electron chi connectivity index (χ2n) is 4.29. The van der Waals surface area contributed by atoms with Crippen molar-refractivity contribution in [2.75, 3.05) is 0 Å². The van der Waals surface area contributed by atoms with E-state index in [0.29, 0.717) is 6.04 Å². The van der Waals surface area contributed by atoms with E-state index in [1.165, 1.54) is 24.1 Å². The summed E-state index contributed by atoms with van der Waals surface area (Å²) in [5.41, 5.74) is 2.46. The van der Waals surface area contributed by atoms with Crippen molar-refractivity contribution < 1.29 is 0 Å². The molecule has 0 radical (unpaired) electrons. The molecule has 0 aliphatic heterocycles. The largest absolute Gasteiger partial charge is 0.386 e.